The molecule has 0 unspecified atom stereocenters. The number of anilines is 2. The van der Waals surface area contributed by atoms with Gasteiger partial charge in [0, 0.05) is 25.5 Å². The summed E-state index contributed by atoms with van der Waals surface area (Å²) in [4.78, 5) is 51.9. The Morgan fingerprint density at radius 3 is 2.23 bits per heavy atom. The summed E-state index contributed by atoms with van der Waals surface area (Å²) in [6, 6.07) is 6.56. The van der Waals surface area contributed by atoms with E-state index in [9.17, 15) is 19.2 Å². The number of benzene rings is 1. The average Bonchev–Trinajstić information content (AvgIpc) is 2.91. The standard InChI is InChI=1S/C21H30N4O5/c1-5-11-21(12-6-2)19(28)25(20(29)23-21)13-18(27)30-14-17(26)22-15-7-9-16(10-8-15)24(3)4/h7-10H,5-6,11-14H2,1-4H3,(H,22,26)(H,23,29). The van der Waals surface area contributed by atoms with Crippen LogP contribution in [-0.2, 0) is 19.1 Å². The summed E-state index contributed by atoms with van der Waals surface area (Å²) in [5.41, 5.74) is 0.589. The number of hydrogen-bond donors (Lipinski definition) is 2. The molecule has 2 N–H and O–H groups in total. The molecule has 0 aromatic heterocycles. The number of ether oxygens (including phenoxy) is 1. The number of carbonyl (C=O) groups excluding carboxylic acids is 4. The lowest BCUT2D eigenvalue weighted by atomic mass is 9.88. The van der Waals surface area contributed by atoms with Crippen molar-refractivity contribution in [2.45, 2.75) is 45.1 Å². The van der Waals surface area contributed by atoms with Crippen LogP contribution >= 0.6 is 0 Å². The molecule has 1 aromatic rings. The lowest BCUT2D eigenvalue weighted by molar-refractivity contribution is -0.150. The minimum atomic E-state index is -0.961. The number of nitrogens with zero attached hydrogens (tertiary/aromatic N) is 2. The van der Waals surface area contributed by atoms with E-state index in [1.54, 1.807) is 12.1 Å². The molecule has 1 heterocycles. The van der Waals surface area contributed by atoms with Gasteiger partial charge in [-0.05, 0) is 37.1 Å². The molecule has 1 aliphatic rings. The summed E-state index contributed by atoms with van der Waals surface area (Å²) >= 11 is 0. The zero-order valence-corrected chi connectivity index (χ0v) is 18.0. The van der Waals surface area contributed by atoms with E-state index in [0.29, 0.717) is 18.5 Å². The molecule has 0 spiro atoms. The van der Waals surface area contributed by atoms with E-state index in [1.807, 2.05) is 45.0 Å². The lowest BCUT2D eigenvalue weighted by Crippen LogP contribution is -2.47. The fourth-order valence-electron chi connectivity index (χ4n) is 3.50. The molecule has 1 aliphatic heterocycles. The van der Waals surface area contributed by atoms with E-state index in [2.05, 4.69) is 10.6 Å². The van der Waals surface area contributed by atoms with Crippen LogP contribution in [0, 0.1) is 0 Å². The fourth-order valence-corrected chi connectivity index (χ4v) is 3.50. The monoisotopic (exact) mass is 418 g/mol. The van der Waals surface area contributed by atoms with Crippen molar-refractivity contribution in [3.8, 4) is 0 Å². The number of rotatable bonds is 10. The van der Waals surface area contributed by atoms with Crippen molar-refractivity contribution >= 4 is 35.2 Å². The van der Waals surface area contributed by atoms with Crippen LogP contribution in [0.15, 0.2) is 24.3 Å². The first kappa shape index (κ1) is 23.2. The van der Waals surface area contributed by atoms with Gasteiger partial charge in [0.2, 0.25) is 0 Å². The van der Waals surface area contributed by atoms with Crippen LogP contribution in [0.5, 0.6) is 0 Å². The summed E-state index contributed by atoms with van der Waals surface area (Å²) in [5.74, 6) is -1.75. The van der Waals surface area contributed by atoms with Gasteiger partial charge in [-0.3, -0.25) is 19.3 Å². The number of hydrogen-bond acceptors (Lipinski definition) is 6. The van der Waals surface area contributed by atoms with Gasteiger partial charge in [-0.25, -0.2) is 4.79 Å². The number of carbonyl (C=O) groups is 4. The van der Waals surface area contributed by atoms with Crippen molar-refractivity contribution in [2.24, 2.45) is 0 Å². The Morgan fingerprint density at radius 2 is 1.70 bits per heavy atom. The number of urea groups is 1. The number of nitrogens with one attached hydrogen (secondary N) is 2. The molecule has 164 valence electrons. The van der Waals surface area contributed by atoms with E-state index in [0.717, 1.165) is 23.4 Å². The first-order valence-corrected chi connectivity index (χ1v) is 10.1. The second-order valence-electron chi connectivity index (χ2n) is 7.55. The predicted octanol–water partition coefficient (Wildman–Crippen LogP) is 2.13. The SMILES string of the molecule is CCCC1(CCC)NC(=O)N(CC(=O)OCC(=O)Nc2ccc(N(C)C)cc2)C1=O. The number of amides is 4. The molecule has 2 rings (SSSR count). The highest BCUT2D eigenvalue weighted by Crippen LogP contribution is 2.28. The molecule has 30 heavy (non-hydrogen) atoms. The van der Waals surface area contributed by atoms with Crippen molar-refractivity contribution < 1.29 is 23.9 Å². The molecule has 4 amide bonds. The van der Waals surface area contributed by atoms with Crippen LogP contribution < -0.4 is 15.5 Å². The van der Waals surface area contributed by atoms with E-state index >= 15 is 0 Å². The van der Waals surface area contributed by atoms with Gasteiger partial charge in [0.15, 0.2) is 6.61 Å². The molecule has 0 saturated carbocycles. The maximum absolute atomic E-state index is 12.8. The van der Waals surface area contributed by atoms with E-state index in [4.69, 9.17) is 4.74 Å². The Balaban J connectivity index is 1.87. The van der Waals surface area contributed by atoms with E-state index < -0.39 is 42.5 Å². The Labute approximate surface area is 176 Å². The van der Waals surface area contributed by atoms with Crippen LogP contribution in [-0.4, -0.2) is 61.5 Å². The molecular weight excluding hydrogens is 388 g/mol. The Hall–Kier alpha value is -3.10. The minimum Gasteiger partial charge on any atom is -0.454 e. The normalized spacial score (nSPS) is 15.0. The van der Waals surface area contributed by atoms with Gasteiger partial charge in [-0.1, -0.05) is 26.7 Å². The van der Waals surface area contributed by atoms with Gasteiger partial charge >= 0.3 is 12.0 Å². The molecule has 0 atom stereocenters. The molecule has 1 saturated heterocycles. The van der Waals surface area contributed by atoms with Gasteiger partial charge in [0.1, 0.15) is 12.1 Å². The molecule has 0 bridgehead atoms. The van der Waals surface area contributed by atoms with E-state index in [-0.39, 0.29) is 0 Å². The molecule has 0 aliphatic carbocycles. The van der Waals surface area contributed by atoms with Gasteiger partial charge in [-0.2, -0.15) is 0 Å². The molecule has 9 nitrogen and oxygen atoms in total. The quantitative estimate of drug-likeness (QED) is 0.445. The van der Waals surface area contributed by atoms with Crippen LogP contribution in [0.4, 0.5) is 16.2 Å². The minimum absolute atomic E-state index is 0.418. The third-order valence-electron chi connectivity index (χ3n) is 4.92. The molecule has 1 fully saturated rings. The maximum atomic E-state index is 12.8. The van der Waals surface area contributed by atoms with Crippen molar-refractivity contribution in [2.75, 3.05) is 37.5 Å². The zero-order valence-electron chi connectivity index (χ0n) is 18.0. The summed E-state index contributed by atoms with van der Waals surface area (Å²) in [6.07, 6.45) is 2.46. The largest absolute Gasteiger partial charge is 0.454 e. The smallest absolute Gasteiger partial charge is 0.326 e. The third kappa shape index (κ3) is 5.49. The average molecular weight is 418 g/mol. The van der Waals surface area contributed by atoms with Crippen LogP contribution in [0.25, 0.3) is 0 Å². The van der Waals surface area contributed by atoms with Crippen LogP contribution in [0.2, 0.25) is 0 Å². The molecule has 9 heteroatoms. The van der Waals surface area contributed by atoms with Crippen molar-refractivity contribution in [3.05, 3.63) is 24.3 Å². The van der Waals surface area contributed by atoms with Gasteiger partial charge in [-0.15, -0.1) is 0 Å². The van der Waals surface area contributed by atoms with E-state index in [1.165, 1.54) is 0 Å². The first-order valence-electron chi connectivity index (χ1n) is 10.1. The highest BCUT2D eigenvalue weighted by molar-refractivity contribution is 6.08. The molecule has 0 radical (unpaired) electrons. The van der Waals surface area contributed by atoms with Crippen LogP contribution in [0.3, 0.4) is 0 Å². The summed E-state index contributed by atoms with van der Waals surface area (Å²) in [6.45, 7) is 2.83. The number of esters is 1. The van der Waals surface area contributed by atoms with Crippen LogP contribution in [0.1, 0.15) is 39.5 Å². The van der Waals surface area contributed by atoms with Crippen molar-refractivity contribution in [1.82, 2.24) is 10.2 Å². The van der Waals surface area contributed by atoms with Gasteiger partial charge in [0.05, 0.1) is 0 Å². The Morgan fingerprint density at radius 1 is 1.10 bits per heavy atom. The topological polar surface area (TPSA) is 108 Å². The van der Waals surface area contributed by atoms with Gasteiger partial charge < -0.3 is 20.3 Å². The van der Waals surface area contributed by atoms with Gasteiger partial charge in [0.25, 0.3) is 11.8 Å². The Bertz CT molecular complexity index is 785. The summed E-state index contributed by atoms with van der Waals surface area (Å²) in [5, 5.41) is 5.36. The summed E-state index contributed by atoms with van der Waals surface area (Å²) < 4.78 is 4.95. The lowest BCUT2D eigenvalue weighted by Gasteiger charge is -2.25. The third-order valence-corrected chi connectivity index (χ3v) is 4.92. The molecular formula is C21H30N4O5. The van der Waals surface area contributed by atoms with Crippen molar-refractivity contribution in [1.29, 1.82) is 0 Å². The second-order valence-corrected chi connectivity index (χ2v) is 7.55. The highest BCUT2D eigenvalue weighted by atomic mass is 16.5. The first-order chi connectivity index (χ1) is 14.2. The summed E-state index contributed by atoms with van der Waals surface area (Å²) in [7, 11) is 3.82. The molecule has 1 aromatic carbocycles. The maximum Gasteiger partial charge on any atom is 0.326 e. The number of imide groups is 1. The fraction of sp³-hybridized carbons (Fsp3) is 0.524. The predicted molar refractivity (Wildman–Crippen MR) is 113 cm³/mol. The van der Waals surface area contributed by atoms with Crippen molar-refractivity contribution in [3.63, 3.8) is 0 Å². The second kappa shape index (κ2) is 10.1. The Kier molecular flexibility index (Phi) is 7.79. The highest BCUT2D eigenvalue weighted by Gasteiger charge is 2.50. The zero-order chi connectivity index (χ0) is 22.3.